The maximum absolute atomic E-state index is 13.3. The van der Waals surface area contributed by atoms with E-state index >= 15 is 0 Å². The van der Waals surface area contributed by atoms with Gasteiger partial charge in [-0.2, -0.15) is 0 Å². The highest BCUT2D eigenvalue weighted by atomic mass is 16.5. The summed E-state index contributed by atoms with van der Waals surface area (Å²) in [5.41, 5.74) is 1.70. The third-order valence-electron chi connectivity index (χ3n) is 5.83. The molecule has 1 aliphatic heterocycles. The van der Waals surface area contributed by atoms with Crippen molar-refractivity contribution in [3.8, 4) is 5.75 Å². The second-order valence-corrected chi connectivity index (χ2v) is 7.71. The van der Waals surface area contributed by atoms with Crippen LogP contribution in [0.2, 0.25) is 0 Å². The molecule has 1 aliphatic rings. The average molecular weight is 410 g/mol. The summed E-state index contributed by atoms with van der Waals surface area (Å²) >= 11 is 0. The SMILES string of the molecule is CCC(C)C(NC(=O)c1ccccc1)C(=O)N1CCN(c2ccc(OC)cc2)CC1. The highest BCUT2D eigenvalue weighted by molar-refractivity contribution is 5.97. The number of hydrogen-bond acceptors (Lipinski definition) is 4. The summed E-state index contributed by atoms with van der Waals surface area (Å²) in [6, 6.07) is 16.5. The summed E-state index contributed by atoms with van der Waals surface area (Å²) in [7, 11) is 1.66. The monoisotopic (exact) mass is 409 g/mol. The molecular formula is C24H31N3O3. The number of ether oxygens (including phenoxy) is 1. The second-order valence-electron chi connectivity index (χ2n) is 7.71. The second kappa shape index (κ2) is 10.1. The van der Waals surface area contributed by atoms with Gasteiger partial charge in [0.05, 0.1) is 7.11 Å². The Morgan fingerprint density at radius 2 is 1.63 bits per heavy atom. The summed E-state index contributed by atoms with van der Waals surface area (Å²) in [6.07, 6.45) is 0.817. The minimum Gasteiger partial charge on any atom is -0.497 e. The smallest absolute Gasteiger partial charge is 0.251 e. The number of amides is 2. The zero-order valence-corrected chi connectivity index (χ0v) is 18.0. The van der Waals surface area contributed by atoms with E-state index in [-0.39, 0.29) is 17.7 Å². The minimum absolute atomic E-state index is 0.00279. The number of hydrogen-bond donors (Lipinski definition) is 1. The first-order valence-electron chi connectivity index (χ1n) is 10.6. The van der Waals surface area contributed by atoms with Gasteiger partial charge in [-0.05, 0) is 42.3 Å². The third kappa shape index (κ3) is 5.12. The van der Waals surface area contributed by atoms with Crippen molar-refractivity contribution in [3.63, 3.8) is 0 Å². The van der Waals surface area contributed by atoms with E-state index in [4.69, 9.17) is 4.74 Å². The first kappa shape index (κ1) is 21.7. The molecule has 0 bridgehead atoms. The molecule has 1 fully saturated rings. The van der Waals surface area contributed by atoms with Gasteiger partial charge in [0, 0.05) is 37.4 Å². The zero-order chi connectivity index (χ0) is 21.5. The predicted octanol–water partition coefficient (Wildman–Crippen LogP) is 3.19. The third-order valence-corrected chi connectivity index (χ3v) is 5.83. The van der Waals surface area contributed by atoms with E-state index in [2.05, 4.69) is 10.2 Å². The van der Waals surface area contributed by atoms with Gasteiger partial charge in [-0.1, -0.05) is 38.5 Å². The standard InChI is InChI=1S/C24H31N3O3/c1-4-18(2)22(25-23(28)19-8-6-5-7-9-19)24(29)27-16-14-26(15-17-27)20-10-12-21(30-3)13-11-20/h5-13,18,22H,4,14-17H2,1-3H3,(H,25,28). The summed E-state index contributed by atoms with van der Waals surface area (Å²) in [5, 5.41) is 2.98. The molecule has 1 N–H and O–H groups in total. The van der Waals surface area contributed by atoms with Crippen molar-refractivity contribution in [1.29, 1.82) is 0 Å². The van der Waals surface area contributed by atoms with E-state index in [0.29, 0.717) is 18.7 Å². The Morgan fingerprint density at radius 1 is 1.00 bits per heavy atom. The maximum Gasteiger partial charge on any atom is 0.251 e. The first-order chi connectivity index (χ1) is 14.5. The Bertz CT molecular complexity index is 831. The number of carbonyl (C=O) groups excluding carboxylic acids is 2. The molecule has 0 aromatic heterocycles. The van der Waals surface area contributed by atoms with Crippen molar-refractivity contribution < 1.29 is 14.3 Å². The van der Waals surface area contributed by atoms with Crippen molar-refractivity contribution >= 4 is 17.5 Å². The molecule has 6 heteroatoms. The Balaban J connectivity index is 1.63. The number of anilines is 1. The molecule has 1 saturated heterocycles. The molecule has 6 nitrogen and oxygen atoms in total. The van der Waals surface area contributed by atoms with Gasteiger partial charge in [0.15, 0.2) is 0 Å². The Morgan fingerprint density at radius 3 is 2.20 bits per heavy atom. The van der Waals surface area contributed by atoms with Crippen LogP contribution in [0.1, 0.15) is 30.6 Å². The maximum atomic E-state index is 13.3. The van der Waals surface area contributed by atoms with E-state index in [1.165, 1.54) is 0 Å². The molecule has 30 heavy (non-hydrogen) atoms. The van der Waals surface area contributed by atoms with Crippen LogP contribution in [0.15, 0.2) is 54.6 Å². The number of piperazine rings is 1. The summed E-state index contributed by atoms with van der Waals surface area (Å²) < 4.78 is 5.22. The highest BCUT2D eigenvalue weighted by Crippen LogP contribution is 2.21. The molecule has 2 amide bonds. The molecule has 160 valence electrons. The van der Waals surface area contributed by atoms with Crippen molar-refractivity contribution in [2.45, 2.75) is 26.3 Å². The summed E-state index contributed by atoms with van der Waals surface area (Å²) in [5.74, 6) is 0.692. The zero-order valence-electron chi connectivity index (χ0n) is 18.0. The fourth-order valence-electron chi connectivity index (χ4n) is 3.67. The lowest BCUT2D eigenvalue weighted by Gasteiger charge is -2.38. The number of rotatable bonds is 7. The lowest BCUT2D eigenvalue weighted by molar-refractivity contribution is -0.134. The number of methoxy groups -OCH3 is 1. The molecule has 2 aromatic carbocycles. The van der Waals surface area contributed by atoms with Crippen LogP contribution in [0.3, 0.4) is 0 Å². The van der Waals surface area contributed by atoms with Crippen LogP contribution in [-0.4, -0.2) is 56.0 Å². The van der Waals surface area contributed by atoms with Gasteiger partial charge in [0.25, 0.3) is 5.91 Å². The number of nitrogens with one attached hydrogen (secondary N) is 1. The number of benzene rings is 2. The molecule has 0 radical (unpaired) electrons. The largest absolute Gasteiger partial charge is 0.497 e. The van der Waals surface area contributed by atoms with Gasteiger partial charge in [-0.15, -0.1) is 0 Å². The Labute approximate surface area is 178 Å². The van der Waals surface area contributed by atoms with Crippen molar-refractivity contribution in [3.05, 3.63) is 60.2 Å². The van der Waals surface area contributed by atoms with Crippen LogP contribution in [0.4, 0.5) is 5.69 Å². The summed E-state index contributed by atoms with van der Waals surface area (Å²) in [6.45, 7) is 6.86. The molecule has 0 aliphatic carbocycles. The quantitative estimate of drug-likeness (QED) is 0.763. The average Bonchev–Trinajstić information content (AvgIpc) is 2.82. The molecule has 3 rings (SSSR count). The van der Waals surface area contributed by atoms with Crippen molar-refractivity contribution in [2.75, 3.05) is 38.2 Å². The predicted molar refractivity (Wildman–Crippen MR) is 119 cm³/mol. The Hall–Kier alpha value is -3.02. The highest BCUT2D eigenvalue weighted by Gasteiger charge is 2.32. The van der Waals surface area contributed by atoms with Crippen molar-refractivity contribution in [2.24, 2.45) is 5.92 Å². The topological polar surface area (TPSA) is 61.9 Å². The lowest BCUT2D eigenvalue weighted by atomic mass is 9.97. The van der Waals surface area contributed by atoms with E-state index < -0.39 is 6.04 Å². The minimum atomic E-state index is -0.518. The molecule has 1 heterocycles. The van der Waals surface area contributed by atoms with Gasteiger partial charge >= 0.3 is 0 Å². The number of nitrogens with zero attached hydrogens (tertiary/aromatic N) is 2. The van der Waals surface area contributed by atoms with Crippen LogP contribution in [0.5, 0.6) is 5.75 Å². The van der Waals surface area contributed by atoms with Crippen LogP contribution < -0.4 is 15.0 Å². The van der Waals surface area contributed by atoms with Crippen LogP contribution in [0, 0.1) is 5.92 Å². The van der Waals surface area contributed by atoms with Gasteiger partial charge in [-0.25, -0.2) is 0 Å². The Kier molecular flexibility index (Phi) is 7.33. The molecule has 2 aromatic rings. The van der Waals surface area contributed by atoms with E-state index in [0.717, 1.165) is 30.9 Å². The molecule has 2 atom stereocenters. The van der Waals surface area contributed by atoms with E-state index in [1.807, 2.05) is 61.2 Å². The lowest BCUT2D eigenvalue weighted by Crippen LogP contribution is -2.56. The van der Waals surface area contributed by atoms with Gasteiger partial charge in [0.1, 0.15) is 11.8 Å². The van der Waals surface area contributed by atoms with Crippen LogP contribution >= 0.6 is 0 Å². The van der Waals surface area contributed by atoms with E-state index in [9.17, 15) is 9.59 Å². The molecule has 0 saturated carbocycles. The normalized spacial score (nSPS) is 16.0. The molecule has 2 unspecified atom stereocenters. The van der Waals surface area contributed by atoms with Crippen molar-refractivity contribution in [1.82, 2.24) is 10.2 Å². The van der Waals surface area contributed by atoms with Gasteiger partial charge < -0.3 is 19.9 Å². The van der Waals surface area contributed by atoms with Crippen LogP contribution in [0.25, 0.3) is 0 Å². The number of carbonyl (C=O) groups is 2. The van der Waals surface area contributed by atoms with Gasteiger partial charge in [-0.3, -0.25) is 9.59 Å². The van der Waals surface area contributed by atoms with E-state index in [1.54, 1.807) is 19.2 Å². The summed E-state index contributed by atoms with van der Waals surface area (Å²) in [4.78, 5) is 30.1. The molecular weight excluding hydrogens is 378 g/mol. The molecule has 0 spiro atoms. The fraction of sp³-hybridized carbons (Fsp3) is 0.417. The fourth-order valence-corrected chi connectivity index (χ4v) is 3.67. The van der Waals surface area contributed by atoms with Gasteiger partial charge in [0.2, 0.25) is 5.91 Å². The first-order valence-corrected chi connectivity index (χ1v) is 10.6. The van der Waals surface area contributed by atoms with Crippen LogP contribution in [-0.2, 0) is 4.79 Å².